The first-order valence-electron chi connectivity index (χ1n) is 25.5. The van der Waals surface area contributed by atoms with Crippen LogP contribution in [0.2, 0.25) is 0 Å². The molecule has 3 heterocycles. The number of hydrogen-bond acceptors (Lipinski definition) is 4. The van der Waals surface area contributed by atoms with Crippen molar-refractivity contribution in [2.45, 2.75) is 90.9 Å². The van der Waals surface area contributed by atoms with Crippen LogP contribution < -0.4 is 14.5 Å². The molecule has 0 bridgehead atoms. The Balaban J connectivity index is 0.00000626. The summed E-state index contributed by atoms with van der Waals surface area (Å²) < 4.78 is 9.26. The molecule has 11 rings (SSSR count). The van der Waals surface area contributed by atoms with E-state index in [1.165, 1.54) is 33.4 Å². The molecular weight excluding hydrogens is 1080 g/mol. The van der Waals surface area contributed by atoms with Gasteiger partial charge in [0.25, 0.3) is 0 Å². The van der Waals surface area contributed by atoms with Crippen LogP contribution in [0, 0.1) is 18.8 Å². The molecule has 0 aliphatic carbocycles. The Hall–Kier alpha value is -7.20. The van der Waals surface area contributed by atoms with E-state index in [9.17, 15) is 0 Å². The molecule has 0 fully saturated rings. The molecule has 1 aliphatic rings. The Kier molecular flexibility index (Phi) is 13.1. The van der Waals surface area contributed by atoms with Crippen molar-refractivity contribution >= 4 is 44.6 Å². The molecule has 0 amide bonds. The quantitative estimate of drug-likeness (QED) is 0.128. The molecule has 0 saturated carbocycles. The van der Waals surface area contributed by atoms with Gasteiger partial charge in [-0.05, 0) is 103 Å². The van der Waals surface area contributed by atoms with Crippen LogP contribution >= 0.6 is 0 Å². The van der Waals surface area contributed by atoms with Gasteiger partial charge in [0.15, 0.2) is 0 Å². The van der Waals surface area contributed by atoms with Crippen molar-refractivity contribution in [1.82, 2.24) is 9.55 Å². The zero-order valence-corrected chi connectivity index (χ0v) is 46.3. The molecular formula is C68H63N4OPt-3. The fraction of sp³-hybridized carbons (Fsp3) is 0.206. The molecule has 0 unspecified atom stereocenters. The van der Waals surface area contributed by atoms with Gasteiger partial charge in [-0.25, -0.2) is 4.98 Å². The molecule has 0 radical (unpaired) electrons. The molecule has 6 heteroatoms. The van der Waals surface area contributed by atoms with E-state index < -0.39 is 5.41 Å². The summed E-state index contributed by atoms with van der Waals surface area (Å²) in [6.07, 6.45) is 1.91. The predicted octanol–water partition coefficient (Wildman–Crippen LogP) is 17.9. The summed E-state index contributed by atoms with van der Waals surface area (Å²) in [6, 6.07) is 75.3. The van der Waals surface area contributed by atoms with Crippen LogP contribution in [0.1, 0.15) is 103 Å². The SMILES string of the molecule is CC(C)(C)c1ccnc(-n2c3[c-]c(Oc4[c-]c(N5[CH-]N(c6cc(-c7ccccc7)cc(C(C)(C)c7ccccc7)c6)c6cc(C(C)(C)C)ccc65)cc(C(C)(C)c5ccccc5)c4)ccc3c3ccccc32)c1.[Pt]. The van der Waals surface area contributed by atoms with E-state index in [4.69, 9.17) is 9.72 Å². The number of anilines is 4. The summed E-state index contributed by atoms with van der Waals surface area (Å²) in [4.78, 5) is 9.59. The number of ether oxygens (including phenoxy) is 1. The van der Waals surface area contributed by atoms with Crippen molar-refractivity contribution in [1.29, 1.82) is 0 Å². The van der Waals surface area contributed by atoms with Gasteiger partial charge in [-0.2, -0.15) is 6.07 Å². The van der Waals surface area contributed by atoms with E-state index in [0.717, 1.165) is 61.5 Å². The predicted molar refractivity (Wildman–Crippen MR) is 304 cm³/mol. The summed E-state index contributed by atoms with van der Waals surface area (Å²) in [7, 11) is 0. The average Bonchev–Trinajstić information content (AvgIpc) is 3.94. The zero-order chi connectivity index (χ0) is 50.9. The van der Waals surface area contributed by atoms with Gasteiger partial charge in [-0.15, -0.1) is 53.6 Å². The van der Waals surface area contributed by atoms with Crippen LogP contribution in [0.15, 0.2) is 194 Å². The summed E-state index contributed by atoms with van der Waals surface area (Å²) in [5.41, 5.74) is 14.9. The minimum absolute atomic E-state index is 0. The first-order valence-corrected chi connectivity index (χ1v) is 25.5. The maximum absolute atomic E-state index is 7.05. The Morgan fingerprint density at radius 3 is 1.72 bits per heavy atom. The van der Waals surface area contributed by atoms with E-state index in [-0.39, 0.29) is 37.3 Å². The van der Waals surface area contributed by atoms with Gasteiger partial charge in [-0.1, -0.05) is 196 Å². The average molecular weight is 1150 g/mol. The van der Waals surface area contributed by atoms with Gasteiger partial charge < -0.3 is 19.1 Å². The second-order valence-electron chi connectivity index (χ2n) is 22.7. The third kappa shape index (κ3) is 9.37. The largest absolute Gasteiger partial charge is 0.509 e. The van der Waals surface area contributed by atoms with Crippen molar-refractivity contribution < 1.29 is 25.8 Å². The fourth-order valence-corrected chi connectivity index (χ4v) is 10.3. The second kappa shape index (κ2) is 19.3. The van der Waals surface area contributed by atoms with Crippen LogP contribution in [0.25, 0.3) is 38.8 Å². The van der Waals surface area contributed by atoms with Gasteiger partial charge in [0.2, 0.25) is 0 Å². The van der Waals surface area contributed by atoms with E-state index in [1.807, 2.05) is 12.3 Å². The summed E-state index contributed by atoms with van der Waals surface area (Å²) in [5.74, 6) is 2.04. The molecule has 8 aromatic carbocycles. The monoisotopic (exact) mass is 1150 g/mol. The van der Waals surface area contributed by atoms with Gasteiger partial charge in [-0.3, -0.25) is 0 Å². The molecule has 2 aromatic heterocycles. The van der Waals surface area contributed by atoms with Crippen molar-refractivity contribution in [2.24, 2.45) is 0 Å². The number of rotatable bonds is 10. The first kappa shape index (κ1) is 50.3. The Morgan fingerprint density at radius 2 is 1.05 bits per heavy atom. The standard InChI is InChI=1S/C68H63N4O.Pt/c1-65(2,3)50-30-33-61-63(41-50)71(54-37-47(46-22-14-11-15-23-46)36-52(38-54)67(7,8)48-24-16-12-17-25-48)45-70(61)55-39-53(68(9,10)49-26-18-13-19-27-49)40-57(43-55)73-56-31-32-59-58-28-20-21-29-60(58)72(62(59)44-56)64-42-51(34-35-69-64)66(4,5)6;/h11-42,45H,1-10H3;/q-3;. The minimum atomic E-state index is -0.396. The van der Waals surface area contributed by atoms with Crippen LogP contribution in [-0.4, -0.2) is 9.55 Å². The third-order valence-corrected chi connectivity index (χ3v) is 15.0. The van der Waals surface area contributed by atoms with Gasteiger partial charge in [0.1, 0.15) is 5.82 Å². The molecule has 5 nitrogen and oxygen atoms in total. The van der Waals surface area contributed by atoms with Gasteiger partial charge in [0, 0.05) is 66.8 Å². The van der Waals surface area contributed by atoms with Crippen molar-refractivity contribution in [3.63, 3.8) is 0 Å². The van der Waals surface area contributed by atoms with E-state index in [2.05, 4.69) is 284 Å². The molecule has 0 N–H and O–H groups in total. The number of hydrogen-bond donors (Lipinski definition) is 0. The first-order chi connectivity index (χ1) is 34.9. The Bertz CT molecular complexity index is 3660. The summed E-state index contributed by atoms with van der Waals surface area (Å²) >= 11 is 0. The Morgan fingerprint density at radius 1 is 0.446 bits per heavy atom. The van der Waals surface area contributed by atoms with Crippen LogP contribution in [0.3, 0.4) is 0 Å². The molecule has 74 heavy (non-hydrogen) atoms. The summed E-state index contributed by atoms with van der Waals surface area (Å²) in [6.45, 7) is 25.0. The van der Waals surface area contributed by atoms with Crippen molar-refractivity contribution in [3.8, 4) is 28.4 Å². The number of nitrogens with zero attached hydrogens (tertiary/aromatic N) is 4. The maximum Gasteiger partial charge on any atom is 0.135 e. The van der Waals surface area contributed by atoms with Crippen LogP contribution in [-0.2, 0) is 42.7 Å². The van der Waals surface area contributed by atoms with Gasteiger partial charge in [0.05, 0.1) is 0 Å². The second-order valence-corrected chi connectivity index (χ2v) is 22.7. The number of benzene rings is 8. The number of para-hydroxylation sites is 1. The van der Waals surface area contributed by atoms with E-state index in [0.29, 0.717) is 11.5 Å². The molecule has 10 aromatic rings. The van der Waals surface area contributed by atoms with Crippen LogP contribution in [0.5, 0.6) is 11.5 Å². The number of aromatic nitrogens is 2. The van der Waals surface area contributed by atoms with Crippen molar-refractivity contribution in [3.05, 3.63) is 246 Å². The van der Waals surface area contributed by atoms with E-state index >= 15 is 0 Å². The third-order valence-electron chi connectivity index (χ3n) is 15.0. The minimum Gasteiger partial charge on any atom is -0.509 e. The smallest absolute Gasteiger partial charge is 0.135 e. The topological polar surface area (TPSA) is 33.5 Å². The molecule has 374 valence electrons. The normalized spacial score (nSPS) is 13.1. The summed E-state index contributed by atoms with van der Waals surface area (Å²) in [5, 5.41) is 2.22. The van der Waals surface area contributed by atoms with Crippen molar-refractivity contribution in [2.75, 3.05) is 9.80 Å². The molecule has 0 saturated heterocycles. The fourth-order valence-electron chi connectivity index (χ4n) is 10.3. The maximum atomic E-state index is 7.05. The molecule has 0 spiro atoms. The molecule has 0 atom stereocenters. The number of fused-ring (bicyclic) bond motifs is 4. The van der Waals surface area contributed by atoms with Gasteiger partial charge >= 0.3 is 0 Å². The van der Waals surface area contributed by atoms with Crippen LogP contribution in [0.4, 0.5) is 22.7 Å². The Labute approximate surface area is 452 Å². The van der Waals surface area contributed by atoms with E-state index in [1.54, 1.807) is 0 Å². The molecule has 1 aliphatic heterocycles. The zero-order valence-electron chi connectivity index (χ0n) is 44.1. The number of pyridine rings is 1.